The lowest BCUT2D eigenvalue weighted by Gasteiger charge is -2.36. The summed E-state index contributed by atoms with van der Waals surface area (Å²) in [6, 6.07) is 23.4. The summed E-state index contributed by atoms with van der Waals surface area (Å²) in [5, 5.41) is 3.40. The minimum Gasteiger partial charge on any atom is -0.493 e. The number of ketones is 1. The zero-order valence-corrected chi connectivity index (χ0v) is 23.9. The molecule has 0 aromatic heterocycles. The molecule has 0 fully saturated rings. The predicted molar refractivity (Wildman–Crippen MR) is 156 cm³/mol. The maximum absolute atomic E-state index is 13.9. The van der Waals surface area contributed by atoms with E-state index in [4.69, 9.17) is 18.9 Å². The van der Waals surface area contributed by atoms with Crippen LogP contribution >= 0.6 is 0 Å². The van der Waals surface area contributed by atoms with Crippen LogP contribution in [0.1, 0.15) is 55.2 Å². The number of allylic oxidation sites excluding steroid dienone is 3. The maximum atomic E-state index is 13.9. The Kier molecular flexibility index (Phi) is 8.43. The van der Waals surface area contributed by atoms with E-state index in [1.807, 2.05) is 79.7 Å². The molecule has 0 saturated carbocycles. The third-order valence-electron chi connectivity index (χ3n) is 7.64. The van der Waals surface area contributed by atoms with Gasteiger partial charge >= 0.3 is 5.97 Å². The Morgan fingerprint density at radius 3 is 2.41 bits per heavy atom. The zero-order valence-electron chi connectivity index (χ0n) is 23.9. The van der Waals surface area contributed by atoms with Crippen molar-refractivity contribution in [3.05, 3.63) is 112 Å². The lowest BCUT2D eigenvalue weighted by Crippen LogP contribution is -2.36. The Morgan fingerprint density at radius 1 is 0.902 bits per heavy atom. The van der Waals surface area contributed by atoms with E-state index in [0.29, 0.717) is 53.5 Å². The van der Waals surface area contributed by atoms with Crippen LogP contribution in [-0.2, 0) is 20.9 Å². The smallest absolute Gasteiger partial charge is 0.336 e. The van der Waals surface area contributed by atoms with Gasteiger partial charge in [0.2, 0.25) is 0 Å². The molecule has 1 heterocycles. The average Bonchev–Trinajstić information content (AvgIpc) is 2.99. The van der Waals surface area contributed by atoms with Crippen LogP contribution in [0.25, 0.3) is 0 Å². The number of benzene rings is 3. The number of hydrogen-bond acceptors (Lipinski definition) is 7. The van der Waals surface area contributed by atoms with Gasteiger partial charge < -0.3 is 24.3 Å². The van der Waals surface area contributed by atoms with Crippen molar-refractivity contribution in [3.63, 3.8) is 0 Å². The van der Waals surface area contributed by atoms with E-state index in [-0.39, 0.29) is 18.3 Å². The molecule has 1 N–H and O–H groups in total. The Morgan fingerprint density at radius 2 is 1.68 bits per heavy atom. The van der Waals surface area contributed by atoms with Gasteiger partial charge in [-0.05, 0) is 67.1 Å². The molecule has 0 bridgehead atoms. The van der Waals surface area contributed by atoms with Gasteiger partial charge in [0, 0.05) is 29.3 Å². The first kappa shape index (κ1) is 28.0. The van der Waals surface area contributed by atoms with Crippen molar-refractivity contribution < 1.29 is 28.5 Å². The van der Waals surface area contributed by atoms with E-state index in [1.165, 1.54) is 0 Å². The molecule has 7 heteroatoms. The molecule has 2 atom stereocenters. The van der Waals surface area contributed by atoms with Crippen LogP contribution in [-0.4, -0.2) is 32.6 Å². The highest BCUT2D eigenvalue weighted by Gasteiger charge is 2.41. The molecule has 41 heavy (non-hydrogen) atoms. The molecule has 5 rings (SSSR count). The quantitative estimate of drug-likeness (QED) is 0.316. The Balaban J connectivity index is 1.51. The lowest BCUT2D eigenvalue weighted by atomic mass is 9.71. The average molecular weight is 554 g/mol. The van der Waals surface area contributed by atoms with Crippen molar-refractivity contribution >= 4 is 11.8 Å². The summed E-state index contributed by atoms with van der Waals surface area (Å²) in [6.07, 6.45) is 0.927. The third-order valence-corrected chi connectivity index (χ3v) is 7.64. The van der Waals surface area contributed by atoms with E-state index in [9.17, 15) is 9.59 Å². The zero-order chi connectivity index (χ0) is 28.9. The summed E-state index contributed by atoms with van der Waals surface area (Å²) < 4.78 is 22.5. The van der Waals surface area contributed by atoms with Crippen LogP contribution in [0.15, 0.2) is 95.3 Å². The highest BCUT2D eigenvalue weighted by Crippen LogP contribution is 2.47. The molecule has 0 unspecified atom stereocenters. The fourth-order valence-electron chi connectivity index (χ4n) is 5.72. The highest BCUT2D eigenvalue weighted by atomic mass is 16.5. The number of hydrogen-bond donors (Lipinski definition) is 1. The van der Waals surface area contributed by atoms with Gasteiger partial charge in [-0.25, -0.2) is 4.79 Å². The molecule has 0 saturated heterocycles. The molecule has 212 valence electrons. The van der Waals surface area contributed by atoms with Crippen molar-refractivity contribution in [2.75, 3.05) is 20.8 Å². The molecule has 3 aromatic rings. The predicted octanol–water partition coefficient (Wildman–Crippen LogP) is 6.21. The molecule has 7 nitrogen and oxygen atoms in total. The molecular formula is C34H35NO6. The second-order valence-corrected chi connectivity index (χ2v) is 10.2. The number of rotatable bonds is 9. The summed E-state index contributed by atoms with van der Waals surface area (Å²) in [6.45, 7) is 4.30. The number of esters is 1. The lowest BCUT2D eigenvalue weighted by molar-refractivity contribution is -0.138. The van der Waals surface area contributed by atoms with Crippen LogP contribution in [0.2, 0.25) is 0 Å². The fourth-order valence-corrected chi connectivity index (χ4v) is 5.72. The third kappa shape index (κ3) is 5.85. The van der Waals surface area contributed by atoms with Gasteiger partial charge in [0.25, 0.3) is 0 Å². The largest absolute Gasteiger partial charge is 0.493 e. The number of ether oxygens (including phenoxy) is 4. The van der Waals surface area contributed by atoms with Crippen molar-refractivity contribution in [2.24, 2.45) is 0 Å². The Hall–Kier alpha value is -4.52. The standard InChI is InChI=1S/C34H35NO6/c1-5-40-34(37)31-21(2)35-27-17-25(23-14-15-29(38-3)30(19-23)39-4)18-28(36)33(27)32(31)24-12-9-13-26(16-24)41-20-22-10-7-6-8-11-22/h6-16,19,25,32,35H,5,17-18,20H2,1-4H3/t25-,32-/m1/s1. The summed E-state index contributed by atoms with van der Waals surface area (Å²) >= 11 is 0. The summed E-state index contributed by atoms with van der Waals surface area (Å²) in [5.41, 5.74) is 5.42. The van der Waals surface area contributed by atoms with Gasteiger partial charge in [-0.15, -0.1) is 0 Å². The van der Waals surface area contributed by atoms with Crippen molar-refractivity contribution in [1.82, 2.24) is 5.32 Å². The SMILES string of the molecule is CCOC(=O)C1=C(C)NC2=C(C(=O)C[C@H](c3ccc(OC)c(OC)c3)C2)[C@@H]1c1cccc(OCc2ccccc2)c1. The first-order valence-electron chi connectivity index (χ1n) is 13.8. The van der Waals surface area contributed by atoms with E-state index in [2.05, 4.69) is 5.32 Å². The van der Waals surface area contributed by atoms with Crippen LogP contribution in [0.5, 0.6) is 17.2 Å². The summed E-state index contributed by atoms with van der Waals surface area (Å²) in [7, 11) is 3.20. The van der Waals surface area contributed by atoms with Gasteiger partial charge in [-0.2, -0.15) is 0 Å². The fraction of sp³-hybridized carbons (Fsp3) is 0.294. The number of Topliss-reactive ketones (excluding diaryl/α,β-unsaturated/α-hetero) is 1. The van der Waals surface area contributed by atoms with Gasteiger partial charge in [-0.1, -0.05) is 48.5 Å². The Labute approximate surface area is 240 Å². The van der Waals surface area contributed by atoms with Gasteiger partial charge in [0.15, 0.2) is 17.3 Å². The molecule has 1 aliphatic carbocycles. The van der Waals surface area contributed by atoms with Crippen molar-refractivity contribution in [2.45, 2.75) is 45.1 Å². The molecular weight excluding hydrogens is 518 g/mol. The second kappa shape index (κ2) is 12.3. The molecule has 1 aliphatic heterocycles. The van der Waals surface area contributed by atoms with Crippen LogP contribution in [0, 0.1) is 0 Å². The molecule has 3 aromatic carbocycles. The van der Waals surface area contributed by atoms with Crippen LogP contribution in [0.3, 0.4) is 0 Å². The molecule has 0 radical (unpaired) electrons. The van der Waals surface area contributed by atoms with E-state index in [1.54, 1.807) is 21.1 Å². The van der Waals surface area contributed by atoms with Crippen LogP contribution < -0.4 is 19.5 Å². The molecule has 0 amide bonds. The summed E-state index contributed by atoms with van der Waals surface area (Å²) in [5.74, 6) is 0.879. The topological polar surface area (TPSA) is 83.1 Å². The van der Waals surface area contributed by atoms with E-state index < -0.39 is 11.9 Å². The van der Waals surface area contributed by atoms with Crippen LogP contribution in [0.4, 0.5) is 0 Å². The van der Waals surface area contributed by atoms with Crippen molar-refractivity contribution in [3.8, 4) is 17.2 Å². The van der Waals surface area contributed by atoms with Crippen molar-refractivity contribution in [1.29, 1.82) is 0 Å². The summed E-state index contributed by atoms with van der Waals surface area (Å²) in [4.78, 5) is 27.2. The number of dihydropyridines is 1. The first-order valence-corrected chi connectivity index (χ1v) is 13.8. The Bertz CT molecular complexity index is 1510. The number of carbonyl (C=O) groups excluding carboxylic acids is 2. The normalized spacial score (nSPS) is 18.4. The van der Waals surface area contributed by atoms with Gasteiger partial charge in [-0.3, -0.25) is 4.79 Å². The minimum atomic E-state index is -0.565. The second-order valence-electron chi connectivity index (χ2n) is 10.2. The highest BCUT2D eigenvalue weighted by molar-refractivity contribution is 6.04. The minimum absolute atomic E-state index is 0.00607. The maximum Gasteiger partial charge on any atom is 0.336 e. The van der Waals surface area contributed by atoms with E-state index in [0.717, 1.165) is 22.4 Å². The monoisotopic (exact) mass is 553 g/mol. The van der Waals surface area contributed by atoms with Gasteiger partial charge in [0.05, 0.1) is 26.4 Å². The van der Waals surface area contributed by atoms with Gasteiger partial charge in [0.1, 0.15) is 12.4 Å². The number of methoxy groups -OCH3 is 2. The first-order chi connectivity index (χ1) is 19.9. The molecule has 2 aliphatic rings. The van der Waals surface area contributed by atoms with E-state index >= 15 is 0 Å². The number of nitrogens with one attached hydrogen (secondary N) is 1. The number of carbonyl (C=O) groups is 2. The molecule has 0 spiro atoms.